The predicted octanol–water partition coefficient (Wildman–Crippen LogP) is 1.02. The molecule has 2 rings (SSSR count). The number of ether oxygens (including phenoxy) is 1. The summed E-state index contributed by atoms with van der Waals surface area (Å²) in [5, 5.41) is 21.1. The van der Waals surface area contributed by atoms with Crippen molar-refractivity contribution >= 4 is 23.4 Å². The van der Waals surface area contributed by atoms with Crippen LogP contribution in [0.25, 0.3) is 0 Å². The fraction of sp³-hybridized carbons (Fsp3) is 0.385. The minimum absolute atomic E-state index is 0.171. The molecule has 0 fully saturated rings. The monoisotopic (exact) mass is 280 g/mol. The molecule has 1 heterocycles. The quantitative estimate of drug-likeness (QED) is 0.761. The maximum absolute atomic E-state index is 11.4. The number of aliphatic carboxylic acids is 1. The molecule has 0 spiro atoms. The minimum Gasteiger partial charge on any atom is -0.479 e. The van der Waals surface area contributed by atoms with Gasteiger partial charge in [0.1, 0.15) is 6.61 Å². The fourth-order valence-corrected chi connectivity index (χ4v) is 2.01. The van der Waals surface area contributed by atoms with Crippen LogP contribution >= 0.6 is 0 Å². The second-order valence-electron chi connectivity index (χ2n) is 4.67. The lowest BCUT2D eigenvalue weighted by Crippen LogP contribution is -2.37. The van der Waals surface area contributed by atoms with E-state index in [4.69, 9.17) is 9.84 Å². The topological polar surface area (TPSA) is 99.1 Å². The molecule has 0 saturated carbocycles. The largest absolute Gasteiger partial charge is 0.479 e. The van der Waals surface area contributed by atoms with E-state index in [1.165, 1.54) is 4.90 Å². The lowest BCUT2D eigenvalue weighted by molar-refractivity contribution is -0.147. The molecule has 3 N–H and O–H groups in total. The van der Waals surface area contributed by atoms with Gasteiger partial charge in [-0.25, -0.2) is 9.59 Å². The number of fused-ring (bicyclic) bond motifs is 1. The van der Waals surface area contributed by atoms with E-state index in [9.17, 15) is 14.7 Å². The number of benzene rings is 1. The van der Waals surface area contributed by atoms with E-state index < -0.39 is 24.2 Å². The molecule has 1 amide bonds. The number of nitrogens with one attached hydrogen (secondary N) is 1. The molecule has 1 aliphatic rings. The standard InChI is InChI=1S/C13H16N2O5/c1-7(11(16)12(17)18)14-9-3-4-10-8(5-9)6-20-13(19)15(10)2/h3-5,7,11,14,16H,6H2,1-2H3,(H,17,18). The van der Waals surface area contributed by atoms with Gasteiger partial charge in [-0.05, 0) is 25.1 Å². The molecule has 1 aromatic rings. The molecule has 0 bridgehead atoms. The van der Waals surface area contributed by atoms with Crippen molar-refractivity contribution in [3.8, 4) is 0 Å². The summed E-state index contributed by atoms with van der Waals surface area (Å²) in [6.45, 7) is 1.74. The van der Waals surface area contributed by atoms with Crippen LogP contribution in [0.2, 0.25) is 0 Å². The van der Waals surface area contributed by atoms with Gasteiger partial charge in [-0.2, -0.15) is 0 Å². The smallest absolute Gasteiger partial charge is 0.414 e. The number of carboxylic acids is 1. The number of hydrogen-bond donors (Lipinski definition) is 3. The maximum atomic E-state index is 11.4. The van der Waals surface area contributed by atoms with Crippen LogP contribution in [0.15, 0.2) is 18.2 Å². The zero-order chi connectivity index (χ0) is 14.9. The zero-order valence-corrected chi connectivity index (χ0v) is 11.2. The Morgan fingerprint density at radius 2 is 2.20 bits per heavy atom. The molecule has 0 aliphatic carbocycles. The molecular weight excluding hydrogens is 264 g/mol. The van der Waals surface area contributed by atoms with Gasteiger partial charge in [0.15, 0.2) is 6.10 Å². The third-order valence-corrected chi connectivity index (χ3v) is 3.19. The van der Waals surface area contributed by atoms with Crippen LogP contribution < -0.4 is 10.2 Å². The second kappa shape index (κ2) is 5.38. The van der Waals surface area contributed by atoms with Crippen molar-refractivity contribution in [2.24, 2.45) is 0 Å². The van der Waals surface area contributed by atoms with Gasteiger partial charge in [-0.3, -0.25) is 4.90 Å². The average molecular weight is 280 g/mol. The Labute approximate surface area is 115 Å². The summed E-state index contributed by atoms with van der Waals surface area (Å²) >= 11 is 0. The minimum atomic E-state index is -1.49. The van der Waals surface area contributed by atoms with E-state index in [2.05, 4.69) is 5.32 Å². The summed E-state index contributed by atoms with van der Waals surface area (Å²) in [6.07, 6.45) is -1.90. The normalized spacial score (nSPS) is 16.9. The van der Waals surface area contributed by atoms with E-state index in [-0.39, 0.29) is 6.61 Å². The van der Waals surface area contributed by atoms with Crippen LogP contribution in [-0.4, -0.2) is 41.5 Å². The first kappa shape index (κ1) is 14.1. The molecule has 7 heteroatoms. The Morgan fingerprint density at radius 1 is 1.50 bits per heavy atom. The number of carbonyl (C=O) groups is 2. The first-order valence-corrected chi connectivity index (χ1v) is 6.11. The van der Waals surface area contributed by atoms with Crippen molar-refractivity contribution in [2.45, 2.75) is 25.7 Å². The molecule has 2 unspecified atom stereocenters. The van der Waals surface area contributed by atoms with Gasteiger partial charge >= 0.3 is 12.1 Å². The summed E-state index contributed by atoms with van der Waals surface area (Å²) < 4.78 is 4.98. The molecule has 1 aliphatic heterocycles. The fourth-order valence-electron chi connectivity index (χ4n) is 2.01. The third kappa shape index (κ3) is 2.67. The van der Waals surface area contributed by atoms with Crippen molar-refractivity contribution in [3.05, 3.63) is 23.8 Å². The van der Waals surface area contributed by atoms with Crippen LogP contribution in [0.5, 0.6) is 0 Å². The van der Waals surface area contributed by atoms with Gasteiger partial charge in [0.25, 0.3) is 0 Å². The van der Waals surface area contributed by atoms with Gasteiger partial charge in [0, 0.05) is 18.3 Å². The molecule has 7 nitrogen and oxygen atoms in total. The molecule has 108 valence electrons. The van der Waals surface area contributed by atoms with Crippen LogP contribution in [-0.2, 0) is 16.1 Å². The van der Waals surface area contributed by atoms with E-state index in [0.29, 0.717) is 5.69 Å². The highest BCUT2D eigenvalue weighted by Gasteiger charge is 2.24. The number of rotatable bonds is 4. The van der Waals surface area contributed by atoms with Crippen LogP contribution in [0.1, 0.15) is 12.5 Å². The molecule has 2 atom stereocenters. The van der Waals surface area contributed by atoms with Crippen molar-refractivity contribution in [2.75, 3.05) is 17.3 Å². The number of nitrogens with zero attached hydrogens (tertiary/aromatic N) is 1. The number of cyclic esters (lactones) is 1. The summed E-state index contributed by atoms with van der Waals surface area (Å²) in [5.41, 5.74) is 2.22. The highest BCUT2D eigenvalue weighted by Crippen LogP contribution is 2.28. The summed E-state index contributed by atoms with van der Waals surface area (Å²) in [6, 6.07) is 4.59. The Kier molecular flexibility index (Phi) is 3.80. The van der Waals surface area contributed by atoms with Gasteiger partial charge in [0.05, 0.1) is 11.7 Å². The Bertz CT molecular complexity index is 546. The number of aliphatic hydroxyl groups is 1. The third-order valence-electron chi connectivity index (χ3n) is 3.19. The van der Waals surface area contributed by atoms with Crippen LogP contribution in [0.3, 0.4) is 0 Å². The number of carboxylic acid groups (broad SMARTS) is 1. The molecule has 1 aromatic carbocycles. The van der Waals surface area contributed by atoms with Gasteiger partial charge in [0.2, 0.25) is 0 Å². The first-order chi connectivity index (χ1) is 9.40. The molecule has 0 radical (unpaired) electrons. The summed E-state index contributed by atoms with van der Waals surface area (Å²) in [4.78, 5) is 23.5. The number of hydrogen-bond acceptors (Lipinski definition) is 5. The first-order valence-electron chi connectivity index (χ1n) is 6.11. The molecule has 20 heavy (non-hydrogen) atoms. The van der Waals surface area contributed by atoms with E-state index in [1.54, 1.807) is 32.2 Å². The lowest BCUT2D eigenvalue weighted by Gasteiger charge is -2.26. The van der Waals surface area contributed by atoms with Gasteiger partial charge < -0.3 is 20.3 Å². The van der Waals surface area contributed by atoms with Gasteiger partial charge in [-0.1, -0.05) is 0 Å². The van der Waals surface area contributed by atoms with Gasteiger partial charge in [-0.15, -0.1) is 0 Å². The predicted molar refractivity (Wildman–Crippen MR) is 71.8 cm³/mol. The van der Waals surface area contributed by atoms with Crippen LogP contribution in [0.4, 0.5) is 16.2 Å². The Hall–Kier alpha value is -2.28. The maximum Gasteiger partial charge on any atom is 0.414 e. The van der Waals surface area contributed by atoms with E-state index in [0.717, 1.165) is 11.3 Å². The average Bonchev–Trinajstić information content (AvgIpc) is 2.42. The Morgan fingerprint density at radius 3 is 2.85 bits per heavy atom. The van der Waals surface area contributed by atoms with Crippen LogP contribution in [0, 0.1) is 0 Å². The summed E-state index contributed by atoms with van der Waals surface area (Å²) in [7, 11) is 1.62. The van der Waals surface area contributed by atoms with Crippen molar-refractivity contribution in [1.82, 2.24) is 0 Å². The number of anilines is 2. The number of carbonyl (C=O) groups excluding carboxylic acids is 1. The zero-order valence-electron chi connectivity index (χ0n) is 11.2. The van der Waals surface area contributed by atoms with E-state index >= 15 is 0 Å². The molecular formula is C13H16N2O5. The number of amides is 1. The van der Waals surface area contributed by atoms with Crippen molar-refractivity contribution in [1.29, 1.82) is 0 Å². The highest BCUT2D eigenvalue weighted by molar-refractivity contribution is 5.90. The van der Waals surface area contributed by atoms with Crippen molar-refractivity contribution < 1.29 is 24.5 Å². The molecule has 0 aromatic heterocycles. The Balaban J connectivity index is 2.16. The lowest BCUT2D eigenvalue weighted by atomic mass is 10.1. The molecule has 0 saturated heterocycles. The van der Waals surface area contributed by atoms with E-state index in [1.807, 2.05) is 0 Å². The highest BCUT2D eigenvalue weighted by atomic mass is 16.6. The van der Waals surface area contributed by atoms with Crippen molar-refractivity contribution in [3.63, 3.8) is 0 Å². The second-order valence-corrected chi connectivity index (χ2v) is 4.67. The number of aliphatic hydroxyl groups excluding tert-OH is 1. The SMILES string of the molecule is CC(Nc1ccc2c(c1)COC(=O)N2C)C(O)C(=O)O. The summed E-state index contributed by atoms with van der Waals surface area (Å²) in [5.74, 6) is -1.28.